The highest BCUT2D eigenvalue weighted by Crippen LogP contribution is 2.63. The Balaban J connectivity index is 1.54. The summed E-state index contributed by atoms with van der Waals surface area (Å²) < 4.78 is 20.4. The predicted octanol–water partition coefficient (Wildman–Crippen LogP) is 9.19. The van der Waals surface area contributed by atoms with Gasteiger partial charge in [0.1, 0.15) is 6.10 Å². The Morgan fingerprint density at radius 2 is 1.61 bits per heavy atom. The zero-order valence-electron chi connectivity index (χ0n) is 27.3. The lowest BCUT2D eigenvalue weighted by Gasteiger charge is -2.49. The van der Waals surface area contributed by atoms with Crippen LogP contribution in [0.3, 0.4) is 0 Å². The molecule has 2 fully saturated rings. The van der Waals surface area contributed by atoms with Crippen LogP contribution in [0, 0.1) is 5.41 Å². The van der Waals surface area contributed by atoms with Crippen LogP contribution < -0.4 is 0 Å². The molecule has 0 amide bonds. The van der Waals surface area contributed by atoms with Gasteiger partial charge in [-0.3, -0.25) is 4.98 Å². The topological polar surface area (TPSA) is 40.6 Å². The summed E-state index contributed by atoms with van der Waals surface area (Å²) in [5, 5.41) is 0. The van der Waals surface area contributed by atoms with Gasteiger partial charge in [-0.15, -0.1) is 10.3 Å². The van der Waals surface area contributed by atoms with Gasteiger partial charge in [0.15, 0.2) is 0 Å². The van der Waals surface area contributed by atoms with Gasteiger partial charge < -0.3 is 13.7 Å². The standard InChI is InChI=1S/C36H53NO3S/c1-23(2)31-29-30(28-26(37-31)19-34(6,7)20-27(28)40-41(9,10)33(3,4)5)36(17-11-12-18-36)39-32(29)24-13-15-25(16-14-24)35(8)21-38-22-35/h13-16,23,27,32H,11-12,17-22H2,1-10H3. The van der Waals surface area contributed by atoms with E-state index in [4.69, 9.17) is 18.6 Å². The van der Waals surface area contributed by atoms with E-state index in [1.807, 2.05) is 0 Å². The molecule has 4 nitrogen and oxygen atoms in total. The van der Waals surface area contributed by atoms with Crippen molar-refractivity contribution >= 4 is 10.3 Å². The first-order chi connectivity index (χ1) is 19.1. The molecule has 1 saturated heterocycles. The third-order valence-corrected chi connectivity index (χ3v) is 14.4. The van der Waals surface area contributed by atoms with Crippen LogP contribution in [0.1, 0.15) is 145 Å². The van der Waals surface area contributed by atoms with Crippen LogP contribution in [0.2, 0.25) is 0 Å². The number of aromatic nitrogens is 1. The number of fused-ring (bicyclic) bond motifs is 4. The van der Waals surface area contributed by atoms with Crippen molar-refractivity contribution in [3.63, 3.8) is 0 Å². The Labute approximate surface area is 250 Å². The summed E-state index contributed by atoms with van der Waals surface area (Å²) in [6.07, 6.45) is 11.3. The molecular formula is C36H53NO3S. The molecule has 226 valence electrons. The molecule has 1 aromatic carbocycles. The minimum atomic E-state index is -1.33. The smallest absolute Gasteiger partial charge is 0.111 e. The number of nitrogens with zero attached hydrogens (tertiary/aromatic N) is 1. The normalized spacial score (nSPS) is 26.6. The van der Waals surface area contributed by atoms with Gasteiger partial charge in [-0.1, -0.05) is 92.5 Å². The van der Waals surface area contributed by atoms with Gasteiger partial charge in [0, 0.05) is 32.7 Å². The van der Waals surface area contributed by atoms with Gasteiger partial charge in [0.25, 0.3) is 0 Å². The summed E-state index contributed by atoms with van der Waals surface area (Å²) >= 11 is 0. The molecule has 0 bridgehead atoms. The number of ether oxygens (including phenoxy) is 2. The molecule has 2 atom stereocenters. The highest BCUT2D eigenvalue weighted by atomic mass is 32.3. The first-order valence-corrected chi connectivity index (χ1v) is 18.3. The highest BCUT2D eigenvalue weighted by molar-refractivity contribution is 8.29. The SMILES string of the molecule is CC(C)c1nc2c(c3c1C(c1ccc(C4(C)COC4)cc1)OC31CCCC1)C(OS(C)(C)C(C)(C)C)CC(C)(C)C2. The van der Waals surface area contributed by atoms with Crippen molar-refractivity contribution in [2.75, 3.05) is 25.7 Å². The highest BCUT2D eigenvalue weighted by Gasteiger charge is 2.53. The molecule has 41 heavy (non-hydrogen) atoms. The minimum Gasteiger partial charge on any atom is -0.379 e. The van der Waals surface area contributed by atoms with E-state index in [2.05, 4.69) is 92.2 Å². The second kappa shape index (κ2) is 9.81. The van der Waals surface area contributed by atoms with Crippen molar-refractivity contribution in [3.05, 3.63) is 63.5 Å². The van der Waals surface area contributed by atoms with E-state index in [1.165, 1.54) is 52.0 Å². The number of hydrogen-bond acceptors (Lipinski definition) is 4. The van der Waals surface area contributed by atoms with Crippen molar-refractivity contribution in [1.29, 1.82) is 0 Å². The molecule has 2 unspecified atom stereocenters. The average Bonchev–Trinajstić information content (AvgIpc) is 3.45. The first kappa shape index (κ1) is 29.7. The third kappa shape index (κ3) is 4.91. The Hall–Kier alpha value is -1.40. The Morgan fingerprint density at radius 3 is 2.15 bits per heavy atom. The fourth-order valence-electron chi connectivity index (χ4n) is 7.53. The summed E-state index contributed by atoms with van der Waals surface area (Å²) in [6.45, 7) is 20.3. The van der Waals surface area contributed by atoms with Crippen LogP contribution in [-0.2, 0) is 31.1 Å². The number of hydrogen-bond donors (Lipinski definition) is 0. The monoisotopic (exact) mass is 579 g/mol. The maximum Gasteiger partial charge on any atom is 0.111 e. The van der Waals surface area contributed by atoms with E-state index >= 15 is 0 Å². The Bertz CT molecular complexity index is 1310. The molecule has 0 radical (unpaired) electrons. The van der Waals surface area contributed by atoms with Crippen LogP contribution in [0.15, 0.2) is 24.3 Å². The second-order valence-electron chi connectivity index (χ2n) is 16.2. The molecule has 2 aliphatic heterocycles. The lowest BCUT2D eigenvalue weighted by molar-refractivity contribution is -0.0580. The van der Waals surface area contributed by atoms with Gasteiger partial charge in [-0.2, -0.15) is 0 Å². The second-order valence-corrected chi connectivity index (χ2v) is 20.0. The molecule has 1 spiro atoms. The molecule has 1 saturated carbocycles. The third-order valence-electron chi connectivity index (χ3n) is 10.7. The van der Waals surface area contributed by atoms with Crippen LogP contribution in [0.25, 0.3) is 0 Å². The van der Waals surface area contributed by atoms with Crippen molar-refractivity contribution in [1.82, 2.24) is 4.98 Å². The van der Waals surface area contributed by atoms with Crippen molar-refractivity contribution < 1.29 is 13.7 Å². The van der Waals surface area contributed by atoms with E-state index in [1.54, 1.807) is 0 Å². The first-order valence-electron chi connectivity index (χ1n) is 15.9. The van der Waals surface area contributed by atoms with Crippen molar-refractivity contribution in [2.24, 2.45) is 5.41 Å². The summed E-state index contributed by atoms with van der Waals surface area (Å²) in [5.74, 6) is 0.322. The zero-order chi connectivity index (χ0) is 29.6. The quantitative estimate of drug-likeness (QED) is 0.354. The van der Waals surface area contributed by atoms with Gasteiger partial charge in [0.2, 0.25) is 0 Å². The maximum atomic E-state index is 7.37. The molecular weight excluding hydrogens is 526 g/mol. The fraction of sp³-hybridized carbons (Fsp3) is 0.694. The maximum absolute atomic E-state index is 7.37. The molecule has 3 heterocycles. The summed E-state index contributed by atoms with van der Waals surface area (Å²) in [7, 11) is -1.33. The van der Waals surface area contributed by atoms with E-state index in [-0.39, 0.29) is 33.4 Å². The van der Waals surface area contributed by atoms with Gasteiger partial charge >= 0.3 is 0 Å². The molecule has 1 aromatic heterocycles. The minimum absolute atomic E-state index is 0.0428. The fourth-order valence-corrected chi connectivity index (χ4v) is 8.57. The van der Waals surface area contributed by atoms with Crippen LogP contribution in [-0.4, -0.2) is 35.5 Å². The van der Waals surface area contributed by atoms with Crippen LogP contribution in [0.5, 0.6) is 0 Å². The summed E-state index contributed by atoms with van der Waals surface area (Å²) in [6, 6.07) is 9.25. The molecule has 2 aromatic rings. The van der Waals surface area contributed by atoms with Gasteiger partial charge in [0.05, 0.1) is 24.9 Å². The van der Waals surface area contributed by atoms with E-state index < -0.39 is 10.3 Å². The van der Waals surface area contributed by atoms with E-state index in [0.29, 0.717) is 5.92 Å². The Kier molecular flexibility index (Phi) is 7.09. The van der Waals surface area contributed by atoms with E-state index in [0.717, 1.165) is 38.9 Å². The van der Waals surface area contributed by atoms with Gasteiger partial charge in [-0.25, -0.2) is 0 Å². The summed E-state index contributed by atoms with van der Waals surface area (Å²) in [4.78, 5) is 5.56. The summed E-state index contributed by atoms with van der Waals surface area (Å²) in [5.41, 5.74) is 9.32. The number of benzene rings is 1. The van der Waals surface area contributed by atoms with Crippen LogP contribution >= 0.6 is 10.3 Å². The Morgan fingerprint density at radius 1 is 0.976 bits per heavy atom. The lowest BCUT2D eigenvalue weighted by Crippen LogP contribution is -2.43. The largest absolute Gasteiger partial charge is 0.379 e. The molecule has 0 N–H and O–H groups in total. The van der Waals surface area contributed by atoms with Gasteiger partial charge in [-0.05, 0) is 66.2 Å². The lowest BCUT2D eigenvalue weighted by atomic mass is 9.70. The van der Waals surface area contributed by atoms with Crippen molar-refractivity contribution in [3.8, 4) is 0 Å². The number of pyridine rings is 1. The van der Waals surface area contributed by atoms with E-state index in [9.17, 15) is 0 Å². The zero-order valence-corrected chi connectivity index (χ0v) is 28.1. The molecule has 4 aliphatic rings. The molecule has 6 rings (SSSR count). The average molecular weight is 580 g/mol. The van der Waals surface area contributed by atoms with Crippen LogP contribution in [0.4, 0.5) is 0 Å². The molecule has 5 heteroatoms. The number of rotatable bonds is 5. The van der Waals surface area contributed by atoms with Crippen molar-refractivity contribution in [2.45, 2.75) is 128 Å². The molecule has 2 aliphatic carbocycles. The predicted molar refractivity (Wildman–Crippen MR) is 171 cm³/mol.